The third kappa shape index (κ3) is 5.31. The molecule has 0 bridgehead atoms. The Bertz CT molecular complexity index is 893. The molecule has 27 heavy (non-hydrogen) atoms. The van der Waals surface area contributed by atoms with Gasteiger partial charge in [0.05, 0.1) is 0 Å². The first kappa shape index (κ1) is 18.9. The summed E-state index contributed by atoms with van der Waals surface area (Å²) in [6.07, 6.45) is 0. The lowest BCUT2D eigenvalue weighted by molar-refractivity contribution is 0.0892. The Morgan fingerprint density at radius 2 is 1.41 bits per heavy atom. The van der Waals surface area contributed by atoms with Crippen molar-refractivity contribution in [2.45, 2.75) is 18.1 Å². The highest BCUT2D eigenvalue weighted by molar-refractivity contribution is 7.99. The fourth-order valence-electron chi connectivity index (χ4n) is 2.60. The molecule has 136 valence electrons. The molecule has 0 aliphatic carbocycles. The molecule has 3 aromatic rings. The molecule has 1 N–H and O–H groups in total. The van der Waals surface area contributed by atoms with Gasteiger partial charge in [-0.2, -0.15) is 0 Å². The second-order valence-electron chi connectivity index (χ2n) is 6.25. The average Bonchev–Trinajstić information content (AvgIpc) is 2.72. The number of amides is 1. The maximum absolute atomic E-state index is 13.0. The van der Waals surface area contributed by atoms with E-state index in [2.05, 4.69) is 5.32 Å². The smallest absolute Gasteiger partial charge is 0.252 e. The Morgan fingerprint density at radius 3 is 2.04 bits per heavy atom. The molecule has 1 amide bonds. The lowest BCUT2D eigenvalue weighted by atomic mass is 10.1. The van der Waals surface area contributed by atoms with Gasteiger partial charge in [-0.3, -0.25) is 9.59 Å². The van der Waals surface area contributed by atoms with Crippen molar-refractivity contribution < 1.29 is 9.59 Å². The fourth-order valence-corrected chi connectivity index (χ4v) is 3.63. The van der Waals surface area contributed by atoms with Gasteiger partial charge in [0, 0.05) is 16.9 Å². The van der Waals surface area contributed by atoms with Crippen molar-refractivity contribution in [1.82, 2.24) is 5.32 Å². The van der Waals surface area contributed by atoms with E-state index in [-0.39, 0.29) is 11.7 Å². The van der Waals surface area contributed by atoms with Crippen LogP contribution in [-0.4, -0.2) is 17.1 Å². The molecule has 0 aliphatic rings. The van der Waals surface area contributed by atoms with Gasteiger partial charge in [0.15, 0.2) is 5.78 Å². The first-order chi connectivity index (χ1) is 13.1. The number of carbonyl (C=O) groups is 2. The van der Waals surface area contributed by atoms with Crippen LogP contribution in [-0.2, 0) is 5.75 Å². The van der Waals surface area contributed by atoms with Crippen LogP contribution in [0.3, 0.4) is 0 Å². The third-order valence-electron chi connectivity index (χ3n) is 4.13. The summed E-state index contributed by atoms with van der Waals surface area (Å²) in [5, 5.41) is 2.24. The molecule has 0 heterocycles. The van der Waals surface area contributed by atoms with Gasteiger partial charge < -0.3 is 5.32 Å². The van der Waals surface area contributed by atoms with Crippen LogP contribution in [0.1, 0.15) is 31.8 Å². The van der Waals surface area contributed by atoms with Crippen LogP contribution < -0.4 is 5.32 Å². The van der Waals surface area contributed by atoms with Gasteiger partial charge in [0.1, 0.15) is 5.37 Å². The molecule has 0 fully saturated rings. The number of ketones is 1. The van der Waals surface area contributed by atoms with Crippen LogP contribution in [0, 0.1) is 6.92 Å². The lowest BCUT2D eigenvalue weighted by Crippen LogP contribution is -2.38. The molecular weight excluding hydrogens is 354 g/mol. The molecule has 0 aliphatic heterocycles. The molecule has 3 rings (SSSR count). The van der Waals surface area contributed by atoms with Crippen molar-refractivity contribution in [2.75, 3.05) is 0 Å². The van der Waals surface area contributed by atoms with Crippen molar-refractivity contribution in [3.8, 4) is 0 Å². The van der Waals surface area contributed by atoms with E-state index in [0.29, 0.717) is 16.9 Å². The second kappa shape index (κ2) is 9.19. The minimum atomic E-state index is -0.651. The summed E-state index contributed by atoms with van der Waals surface area (Å²) < 4.78 is 0. The first-order valence-electron chi connectivity index (χ1n) is 8.76. The molecule has 1 atom stereocenters. The quantitative estimate of drug-likeness (QED) is 0.473. The van der Waals surface area contributed by atoms with Crippen molar-refractivity contribution in [3.63, 3.8) is 0 Å². The minimum Gasteiger partial charge on any atom is -0.333 e. The van der Waals surface area contributed by atoms with Crippen LogP contribution in [0.5, 0.6) is 0 Å². The van der Waals surface area contributed by atoms with E-state index >= 15 is 0 Å². The Morgan fingerprint density at radius 1 is 0.815 bits per heavy atom. The van der Waals surface area contributed by atoms with Crippen LogP contribution in [0.15, 0.2) is 84.9 Å². The average molecular weight is 375 g/mol. The van der Waals surface area contributed by atoms with E-state index in [1.54, 1.807) is 24.3 Å². The third-order valence-corrected chi connectivity index (χ3v) is 5.30. The lowest BCUT2D eigenvalue weighted by Gasteiger charge is -2.18. The molecule has 0 saturated heterocycles. The van der Waals surface area contributed by atoms with Crippen molar-refractivity contribution >= 4 is 23.5 Å². The molecule has 0 unspecified atom stereocenters. The van der Waals surface area contributed by atoms with Gasteiger partial charge in [-0.15, -0.1) is 11.8 Å². The maximum Gasteiger partial charge on any atom is 0.252 e. The predicted octanol–water partition coefficient (Wildman–Crippen LogP) is 4.87. The summed E-state index contributed by atoms with van der Waals surface area (Å²) >= 11 is 1.42. The summed E-state index contributed by atoms with van der Waals surface area (Å²) in [5.41, 5.74) is 3.33. The van der Waals surface area contributed by atoms with Crippen molar-refractivity contribution in [3.05, 3.63) is 107 Å². The van der Waals surface area contributed by atoms with E-state index in [0.717, 1.165) is 11.1 Å². The maximum atomic E-state index is 13.0. The zero-order valence-corrected chi connectivity index (χ0v) is 15.9. The van der Waals surface area contributed by atoms with Crippen LogP contribution in [0.4, 0.5) is 0 Å². The number of aryl methyl sites for hydroxylation is 1. The summed E-state index contributed by atoms with van der Waals surface area (Å²) in [6.45, 7) is 1.97. The fraction of sp³-hybridized carbons (Fsp3) is 0.130. The summed E-state index contributed by atoms with van der Waals surface area (Å²) in [7, 11) is 0. The highest BCUT2D eigenvalue weighted by atomic mass is 32.2. The van der Waals surface area contributed by atoms with Gasteiger partial charge in [0.25, 0.3) is 5.91 Å². The zero-order valence-electron chi connectivity index (χ0n) is 15.1. The summed E-state index contributed by atoms with van der Waals surface area (Å²) in [6, 6.07) is 26.3. The SMILES string of the molecule is Cc1ccc(C(=O)N[C@@H](SCc2ccccc2)C(=O)c2ccccc2)cc1. The minimum absolute atomic E-state index is 0.100. The Kier molecular flexibility index (Phi) is 6.44. The molecule has 0 saturated carbocycles. The monoisotopic (exact) mass is 375 g/mol. The number of nitrogens with one attached hydrogen (secondary N) is 1. The molecule has 0 radical (unpaired) electrons. The van der Waals surface area contributed by atoms with Gasteiger partial charge in [0.2, 0.25) is 0 Å². The number of Topliss-reactive ketones (excluding diaryl/α,β-unsaturated/α-hetero) is 1. The number of benzene rings is 3. The van der Waals surface area contributed by atoms with E-state index in [1.165, 1.54) is 11.8 Å². The Hall–Kier alpha value is -2.85. The van der Waals surface area contributed by atoms with Crippen molar-refractivity contribution in [2.24, 2.45) is 0 Å². The number of hydrogen-bond acceptors (Lipinski definition) is 3. The number of hydrogen-bond donors (Lipinski definition) is 1. The van der Waals surface area contributed by atoms with E-state index in [4.69, 9.17) is 0 Å². The molecular formula is C23H21NO2S. The summed E-state index contributed by atoms with van der Waals surface area (Å²) in [4.78, 5) is 25.6. The topological polar surface area (TPSA) is 46.2 Å². The highest BCUT2D eigenvalue weighted by Crippen LogP contribution is 2.20. The van der Waals surface area contributed by atoms with E-state index in [1.807, 2.05) is 67.6 Å². The standard InChI is InChI=1S/C23H21NO2S/c1-17-12-14-20(15-13-17)22(26)24-23(21(25)19-10-6-3-7-11-19)27-16-18-8-4-2-5-9-18/h2-15,23H,16H2,1H3,(H,24,26)/t23-/m0/s1. The Labute approximate surface area is 163 Å². The predicted molar refractivity (Wildman–Crippen MR) is 111 cm³/mol. The highest BCUT2D eigenvalue weighted by Gasteiger charge is 2.23. The van der Waals surface area contributed by atoms with E-state index in [9.17, 15) is 9.59 Å². The number of carbonyl (C=O) groups excluding carboxylic acids is 2. The van der Waals surface area contributed by atoms with Gasteiger partial charge in [-0.1, -0.05) is 78.4 Å². The number of rotatable bonds is 7. The van der Waals surface area contributed by atoms with Crippen LogP contribution in [0.25, 0.3) is 0 Å². The molecule has 4 heteroatoms. The summed E-state index contributed by atoms with van der Waals surface area (Å²) in [5.74, 6) is 0.292. The van der Waals surface area contributed by atoms with Crippen molar-refractivity contribution in [1.29, 1.82) is 0 Å². The second-order valence-corrected chi connectivity index (χ2v) is 7.34. The van der Waals surface area contributed by atoms with Gasteiger partial charge in [-0.05, 0) is 24.6 Å². The van der Waals surface area contributed by atoms with Crippen LogP contribution >= 0.6 is 11.8 Å². The molecule has 3 aromatic carbocycles. The molecule has 3 nitrogen and oxygen atoms in total. The van der Waals surface area contributed by atoms with Gasteiger partial charge in [-0.25, -0.2) is 0 Å². The first-order valence-corrected chi connectivity index (χ1v) is 9.81. The van der Waals surface area contributed by atoms with Gasteiger partial charge >= 0.3 is 0 Å². The Balaban J connectivity index is 1.77. The normalized spacial score (nSPS) is 11.6. The molecule has 0 aromatic heterocycles. The van der Waals surface area contributed by atoms with E-state index < -0.39 is 5.37 Å². The number of thioether (sulfide) groups is 1. The molecule has 0 spiro atoms. The zero-order chi connectivity index (χ0) is 19.1. The largest absolute Gasteiger partial charge is 0.333 e. The van der Waals surface area contributed by atoms with Crippen LogP contribution in [0.2, 0.25) is 0 Å².